The van der Waals surface area contributed by atoms with Crippen molar-refractivity contribution in [3.05, 3.63) is 111 Å². The number of hydrogen-bond donors (Lipinski definition) is 3. The minimum atomic E-state index is -0.510. The lowest BCUT2D eigenvalue weighted by Crippen LogP contribution is -2.35. The number of amides is 1. The molecule has 0 radical (unpaired) electrons. The van der Waals surface area contributed by atoms with Crippen LogP contribution in [-0.2, 0) is 19.8 Å². The summed E-state index contributed by atoms with van der Waals surface area (Å²) in [6, 6.07) is 18.5. The van der Waals surface area contributed by atoms with Crippen molar-refractivity contribution in [1.29, 1.82) is 5.26 Å². The third-order valence-electron chi connectivity index (χ3n) is 7.55. The molecule has 234 valence electrons. The van der Waals surface area contributed by atoms with E-state index in [0.717, 1.165) is 27.8 Å². The summed E-state index contributed by atoms with van der Waals surface area (Å²) in [5, 5.41) is 31.7. The minimum absolute atomic E-state index is 0.0462. The first-order valence-corrected chi connectivity index (χ1v) is 14.8. The number of aliphatic hydroxyl groups is 2. The lowest BCUT2D eigenvalue weighted by atomic mass is 9.91. The van der Waals surface area contributed by atoms with Gasteiger partial charge in [-0.25, -0.2) is 0 Å². The zero-order valence-corrected chi connectivity index (χ0v) is 26.6. The van der Waals surface area contributed by atoms with E-state index in [9.17, 15) is 20.3 Å². The van der Waals surface area contributed by atoms with Gasteiger partial charge in [0.05, 0.1) is 29.8 Å². The van der Waals surface area contributed by atoms with Crippen LogP contribution in [0, 0.1) is 25.2 Å². The average Bonchev–Trinajstić information content (AvgIpc) is 3.04. The monoisotopic (exact) mass is 628 g/mol. The van der Waals surface area contributed by atoms with E-state index in [-0.39, 0.29) is 38.9 Å². The lowest BCUT2D eigenvalue weighted by Gasteiger charge is -2.19. The Labute approximate surface area is 268 Å². The molecule has 0 unspecified atom stereocenters. The molecule has 0 bridgehead atoms. The molecule has 0 aliphatic carbocycles. The van der Waals surface area contributed by atoms with Crippen molar-refractivity contribution >= 4 is 17.5 Å². The maximum absolute atomic E-state index is 12.7. The van der Waals surface area contributed by atoms with Crippen LogP contribution >= 0.6 is 11.6 Å². The molecule has 9 nitrogen and oxygen atoms in total. The van der Waals surface area contributed by atoms with E-state index in [1.807, 2.05) is 50.2 Å². The number of nitriles is 1. The Morgan fingerprint density at radius 2 is 1.64 bits per heavy atom. The molecule has 1 amide bonds. The molecule has 4 aromatic rings. The van der Waals surface area contributed by atoms with Crippen LogP contribution in [-0.4, -0.2) is 59.4 Å². The number of nitrogens with zero attached hydrogens (tertiary/aromatic N) is 3. The molecular formula is C35H37ClN4O5. The second-order valence-corrected chi connectivity index (χ2v) is 11.3. The second-order valence-electron chi connectivity index (χ2n) is 10.9. The Balaban J connectivity index is 1.60. The fourth-order valence-electron chi connectivity index (χ4n) is 4.88. The highest BCUT2D eigenvalue weighted by Crippen LogP contribution is 2.35. The summed E-state index contributed by atoms with van der Waals surface area (Å²) in [5.74, 6) is 0.859. The van der Waals surface area contributed by atoms with Gasteiger partial charge in [-0.1, -0.05) is 41.9 Å². The van der Waals surface area contributed by atoms with Crippen molar-refractivity contribution in [2.75, 3.05) is 27.3 Å². The first-order chi connectivity index (χ1) is 21.7. The Hall–Kier alpha value is -4.46. The molecule has 45 heavy (non-hydrogen) atoms. The van der Waals surface area contributed by atoms with E-state index in [4.69, 9.17) is 21.1 Å². The molecule has 1 heterocycles. The summed E-state index contributed by atoms with van der Waals surface area (Å²) < 4.78 is 12.4. The number of aliphatic hydroxyl groups excluding tert-OH is 2. The van der Waals surface area contributed by atoms with Crippen molar-refractivity contribution < 1.29 is 24.5 Å². The van der Waals surface area contributed by atoms with Crippen molar-refractivity contribution in [2.24, 2.45) is 0 Å². The van der Waals surface area contributed by atoms with Gasteiger partial charge in [0, 0.05) is 55.8 Å². The molecule has 0 saturated heterocycles. The maximum atomic E-state index is 12.7. The molecule has 10 heteroatoms. The normalized spacial score (nSPS) is 10.9. The molecule has 0 aliphatic rings. The SMILES string of the molecule is Cc1c(COc2cc(OCc3cncc(C#N)c3)c(CNC(CO)CO)cc2Cl)cccc1-c1cccc(C(=O)N(C)C)c1C. The molecule has 3 aromatic carbocycles. The van der Waals surface area contributed by atoms with Crippen molar-refractivity contribution in [2.45, 2.75) is 39.6 Å². The van der Waals surface area contributed by atoms with Gasteiger partial charge in [-0.3, -0.25) is 9.78 Å². The van der Waals surface area contributed by atoms with E-state index in [1.165, 1.54) is 6.20 Å². The fourth-order valence-corrected chi connectivity index (χ4v) is 5.12. The summed E-state index contributed by atoms with van der Waals surface area (Å²) in [7, 11) is 3.49. The highest BCUT2D eigenvalue weighted by atomic mass is 35.5. The minimum Gasteiger partial charge on any atom is -0.488 e. The van der Waals surface area contributed by atoms with Gasteiger partial charge < -0.3 is 29.9 Å². The maximum Gasteiger partial charge on any atom is 0.253 e. The number of nitrogens with one attached hydrogen (secondary N) is 1. The summed E-state index contributed by atoms with van der Waals surface area (Å²) in [5.41, 5.74) is 7.37. The van der Waals surface area contributed by atoms with Crippen molar-refractivity contribution in [3.63, 3.8) is 0 Å². The summed E-state index contributed by atoms with van der Waals surface area (Å²) in [4.78, 5) is 18.4. The number of hydrogen-bond acceptors (Lipinski definition) is 8. The number of aromatic nitrogens is 1. The van der Waals surface area contributed by atoms with Crippen LogP contribution in [0.3, 0.4) is 0 Å². The predicted octanol–water partition coefficient (Wildman–Crippen LogP) is 5.19. The quantitative estimate of drug-likeness (QED) is 0.185. The zero-order chi connectivity index (χ0) is 32.5. The third-order valence-corrected chi connectivity index (χ3v) is 7.84. The van der Waals surface area contributed by atoms with Crippen molar-refractivity contribution in [3.8, 4) is 28.7 Å². The Morgan fingerprint density at radius 3 is 2.33 bits per heavy atom. The van der Waals surface area contributed by atoms with Crippen molar-refractivity contribution in [1.82, 2.24) is 15.2 Å². The average molecular weight is 629 g/mol. The zero-order valence-electron chi connectivity index (χ0n) is 25.8. The first-order valence-electron chi connectivity index (χ1n) is 14.4. The van der Waals surface area contributed by atoms with Crippen LogP contribution in [0.5, 0.6) is 11.5 Å². The van der Waals surface area contributed by atoms with Gasteiger partial charge in [0.25, 0.3) is 5.91 Å². The summed E-state index contributed by atoms with van der Waals surface area (Å²) in [6.45, 7) is 4.18. The number of halogens is 1. The van der Waals surface area contributed by atoms with Crippen LogP contribution in [0.1, 0.15) is 43.7 Å². The van der Waals surface area contributed by atoms with Gasteiger partial charge in [0.15, 0.2) is 0 Å². The predicted molar refractivity (Wildman–Crippen MR) is 173 cm³/mol. The highest BCUT2D eigenvalue weighted by molar-refractivity contribution is 6.32. The van der Waals surface area contributed by atoms with Crippen LogP contribution in [0.15, 0.2) is 67.0 Å². The number of ether oxygens (including phenoxy) is 2. The van der Waals surface area contributed by atoms with Gasteiger partial charge >= 0.3 is 0 Å². The second kappa shape index (κ2) is 15.5. The van der Waals surface area contributed by atoms with E-state index in [0.29, 0.717) is 38.8 Å². The van der Waals surface area contributed by atoms with E-state index >= 15 is 0 Å². The Kier molecular flexibility index (Phi) is 11.5. The van der Waals surface area contributed by atoms with Crippen LogP contribution in [0.2, 0.25) is 5.02 Å². The third kappa shape index (κ3) is 8.18. The Bertz CT molecular complexity index is 1700. The number of rotatable bonds is 13. The molecular weight excluding hydrogens is 592 g/mol. The fraction of sp³-hybridized carbons (Fsp3) is 0.286. The number of carbonyl (C=O) groups is 1. The van der Waals surface area contributed by atoms with Crippen LogP contribution < -0.4 is 14.8 Å². The largest absolute Gasteiger partial charge is 0.488 e. The molecule has 0 aliphatic heterocycles. The van der Waals surface area contributed by atoms with Gasteiger partial charge in [-0.2, -0.15) is 5.26 Å². The number of pyridine rings is 1. The molecule has 4 rings (SSSR count). The molecule has 3 N–H and O–H groups in total. The Morgan fingerprint density at radius 1 is 0.956 bits per heavy atom. The number of carbonyl (C=O) groups excluding carboxylic acids is 1. The molecule has 0 atom stereocenters. The summed E-state index contributed by atoms with van der Waals surface area (Å²) >= 11 is 6.68. The standard InChI is InChI=1S/C35H37ClN4O5/c1-22-26(7-5-8-29(22)30-9-6-10-31(23(30)2)35(43)40(3)4)21-45-34-13-33(44-20-25-11-24(14-37)15-38-16-25)27(12-32(34)36)17-39-28(18-41)19-42/h5-13,15-16,28,39,41-42H,17-21H2,1-4H3. The molecule has 0 fully saturated rings. The van der Waals surface area contributed by atoms with Crippen LogP contribution in [0.4, 0.5) is 0 Å². The van der Waals surface area contributed by atoms with Crippen LogP contribution in [0.25, 0.3) is 11.1 Å². The lowest BCUT2D eigenvalue weighted by molar-refractivity contribution is 0.0827. The molecule has 0 saturated carbocycles. The highest BCUT2D eigenvalue weighted by Gasteiger charge is 2.18. The summed E-state index contributed by atoms with van der Waals surface area (Å²) in [6.07, 6.45) is 3.11. The van der Waals surface area contributed by atoms with Gasteiger partial charge in [0.1, 0.15) is 30.8 Å². The van der Waals surface area contributed by atoms with Gasteiger partial charge in [-0.05, 0) is 59.9 Å². The smallest absolute Gasteiger partial charge is 0.253 e. The molecule has 1 aromatic heterocycles. The van der Waals surface area contributed by atoms with E-state index < -0.39 is 6.04 Å². The van der Waals surface area contributed by atoms with Gasteiger partial charge in [-0.15, -0.1) is 0 Å². The van der Waals surface area contributed by atoms with E-state index in [2.05, 4.69) is 16.4 Å². The number of benzene rings is 3. The first kappa shape index (κ1) is 33.4. The topological polar surface area (TPSA) is 128 Å². The van der Waals surface area contributed by atoms with Gasteiger partial charge in [0.2, 0.25) is 0 Å². The molecule has 0 spiro atoms. The van der Waals surface area contributed by atoms with E-state index in [1.54, 1.807) is 43.4 Å².